The molecule has 0 fully saturated rings. The van der Waals surface area contributed by atoms with Crippen LogP contribution in [0.25, 0.3) is 0 Å². The molecule has 0 amide bonds. The first-order valence-corrected chi connectivity index (χ1v) is 7.94. The zero-order chi connectivity index (χ0) is 13.0. The largest absolute Gasteiger partial charge is 0.330 e. The van der Waals surface area contributed by atoms with Crippen LogP contribution in [0.15, 0.2) is 0 Å². The van der Waals surface area contributed by atoms with Gasteiger partial charge in [0.15, 0.2) is 0 Å². The summed E-state index contributed by atoms with van der Waals surface area (Å²) >= 11 is 0. The van der Waals surface area contributed by atoms with Gasteiger partial charge in [-0.3, -0.25) is 4.70 Å². The van der Waals surface area contributed by atoms with Crippen molar-refractivity contribution in [1.82, 2.24) is 0 Å². The average Bonchev–Trinajstić information content (AvgIpc) is 2.37. The first-order chi connectivity index (χ1) is 8.24. The Kier molecular flexibility index (Phi) is 15.0. The van der Waals surface area contributed by atoms with Gasteiger partial charge in [-0.05, 0) is 44.1 Å². The Morgan fingerprint density at radius 3 is 1.28 bits per heavy atom. The van der Waals surface area contributed by atoms with E-state index in [0.29, 0.717) is 5.41 Å². The van der Waals surface area contributed by atoms with Crippen molar-refractivity contribution in [3.8, 4) is 0 Å². The quantitative estimate of drug-likeness (QED) is 0.497. The molecule has 0 aromatic rings. The normalized spacial score (nSPS) is 11.3. The highest BCUT2D eigenvalue weighted by Crippen LogP contribution is 2.40. The van der Waals surface area contributed by atoms with E-state index in [1.54, 1.807) is 0 Å². The maximum atomic E-state index is 5.72. The molecule has 0 unspecified atom stereocenters. The summed E-state index contributed by atoms with van der Waals surface area (Å²) in [6, 6.07) is 0. The highest BCUT2D eigenvalue weighted by atomic mass is 19.0. The Bertz CT molecular complexity index is 122. The van der Waals surface area contributed by atoms with Crippen LogP contribution >= 0.6 is 0 Å². The van der Waals surface area contributed by atoms with Crippen molar-refractivity contribution in [1.29, 1.82) is 0 Å². The van der Waals surface area contributed by atoms with Gasteiger partial charge in [-0.1, -0.05) is 59.3 Å². The second kappa shape index (κ2) is 13.3. The molecule has 112 valence electrons. The predicted molar refractivity (Wildman–Crippen MR) is 81.8 cm³/mol. The topological polar surface area (TPSA) is 26.0 Å². The number of hydrogen-bond donors (Lipinski definition) is 1. The highest BCUT2D eigenvalue weighted by molar-refractivity contribution is 4.79. The Balaban J connectivity index is 0. The van der Waals surface area contributed by atoms with E-state index < -0.39 is 0 Å². The summed E-state index contributed by atoms with van der Waals surface area (Å²) in [5.41, 5.74) is 6.35. The van der Waals surface area contributed by atoms with Crippen LogP contribution in [-0.2, 0) is 0 Å². The molecule has 2 heteroatoms. The molecule has 0 aliphatic heterocycles. The van der Waals surface area contributed by atoms with E-state index in [0.717, 1.165) is 6.54 Å². The maximum absolute atomic E-state index is 5.72. The number of unbranched alkanes of at least 4 members (excludes halogenated alkanes) is 3. The summed E-state index contributed by atoms with van der Waals surface area (Å²) in [6.45, 7) is 7.81. The van der Waals surface area contributed by atoms with Gasteiger partial charge in [0.05, 0.1) is 0 Å². The smallest absolute Gasteiger partial charge is 0.00771 e. The van der Waals surface area contributed by atoms with E-state index in [1.165, 1.54) is 70.6 Å². The number of hydrogen-bond acceptors (Lipinski definition) is 1. The maximum Gasteiger partial charge on any atom is -0.00771 e. The van der Waals surface area contributed by atoms with Gasteiger partial charge in [-0.2, -0.15) is 0 Å². The van der Waals surface area contributed by atoms with Crippen LogP contribution < -0.4 is 5.73 Å². The molecule has 0 spiro atoms. The Morgan fingerprint density at radius 1 is 0.667 bits per heavy atom. The molecule has 0 bridgehead atoms. The van der Waals surface area contributed by atoms with Crippen LogP contribution in [0.3, 0.4) is 0 Å². The lowest BCUT2D eigenvalue weighted by molar-refractivity contribution is 0.179. The molecule has 0 heterocycles. The van der Waals surface area contributed by atoms with Crippen molar-refractivity contribution >= 4 is 0 Å². The van der Waals surface area contributed by atoms with Crippen LogP contribution in [0.2, 0.25) is 0 Å². The minimum atomic E-state index is 0. The standard InChI is InChI=1S/C16H35N.FH/c1-4-7-11-16(12-8-5-2,13-9-6-3)14-10-15-17;/h4-15,17H2,1-3H3;1H. The molecule has 0 saturated carbocycles. The van der Waals surface area contributed by atoms with E-state index in [-0.39, 0.29) is 4.70 Å². The Morgan fingerprint density at radius 2 is 1.00 bits per heavy atom. The Hall–Kier alpha value is -0.110. The van der Waals surface area contributed by atoms with Gasteiger partial charge < -0.3 is 5.73 Å². The minimum Gasteiger partial charge on any atom is -0.330 e. The third kappa shape index (κ3) is 8.91. The fourth-order valence-corrected chi connectivity index (χ4v) is 2.88. The molecule has 0 aliphatic carbocycles. The van der Waals surface area contributed by atoms with Gasteiger partial charge in [0.1, 0.15) is 0 Å². The predicted octanol–water partition coefficient (Wildman–Crippen LogP) is 5.43. The number of nitrogens with two attached hydrogens (primary N) is 1. The van der Waals surface area contributed by atoms with Gasteiger partial charge in [0.2, 0.25) is 0 Å². The monoisotopic (exact) mass is 261 g/mol. The molecule has 0 saturated heterocycles. The van der Waals surface area contributed by atoms with E-state index in [9.17, 15) is 0 Å². The Labute approximate surface area is 114 Å². The van der Waals surface area contributed by atoms with Crippen molar-refractivity contribution < 1.29 is 4.70 Å². The summed E-state index contributed by atoms with van der Waals surface area (Å²) in [7, 11) is 0. The fraction of sp³-hybridized carbons (Fsp3) is 1.00. The van der Waals surface area contributed by atoms with Gasteiger partial charge in [-0.15, -0.1) is 0 Å². The molecular formula is C16H36FN. The van der Waals surface area contributed by atoms with Crippen molar-refractivity contribution in [2.45, 2.75) is 91.4 Å². The van der Waals surface area contributed by atoms with Gasteiger partial charge in [0, 0.05) is 0 Å². The van der Waals surface area contributed by atoms with E-state index in [1.807, 2.05) is 0 Å². The van der Waals surface area contributed by atoms with E-state index in [2.05, 4.69) is 20.8 Å². The molecule has 18 heavy (non-hydrogen) atoms. The lowest BCUT2D eigenvalue weighted by Gasteiger charge is -2.34. The van der Waals surface area contributed by atoms with Crippen molar-refractivity contribution in [3.05, 3.63) is 0 Å². The van der Waals surface area contributed by atoms with Gasteiger partial charge in [0.25, 0.3) is 0 Å². The second-order valence-corrected chi connectivity index (χ2v) is 5.70. The fourth-order valence-electron chi connectivity index (χ4n) is 2.88. The number of rotatable bonds is 12. The second-order valence-electron chi connectivity index (χ2n) is 5.70. The summed E-state index contributed by atoms with van der Waals surface area (Å²) in [5, 5.41) is 0. The van der Waals surface area contributed by atoms with Crippen molar-refractivity contribution in [2.75, 3.05) is 6.54 Å². The van der Waals surface area contributed by atoms with Crippen molar-refractivity contribution in [2.24, 2.45) is 11.1 Å². The van der Waals surface area contributed by atoms with Crippen LogP contribution in [0.4, 0.5) is 4.70 Å². The molecule has 2 N–H and O–H groups in total. The van der Waals surface area contributed by atoms with Gasteiger partial charge in [-0.25, -0.2) is 0 Å². The molecule has 0 atom stereocenters. The van der Waals surface area contributed by atoms with Crippen LogP contribution in [0.5, 0.6) is 0 Å². The van der Waals surface area contributed by atoms with E-state index >= 15 is 0 Å². The summed E-state index contributed by atoms with van der Waals surface area (Å²) in [6.07, 6.45) is 15.1. The summed E-state index contributed by atoms with van der Waals surface area (Å²) in [4.78, 5) is 0. The molecule has 0 aromatic carbocycles. The summed E-state index contributed by atoms with van der Waals surface area (Å²) in [5.74, 6) is 0. The third-order valence-electron chi connectivity index (χ3n) is 4.09. The van der Waals surface area contributed by atoms with Crippen LogP contribution in [-0.4, -0.2) is 6.54 Å². The van der Waals surface area contributed by atoms with E-state index in [4.69, 9.17) is 5.73 Å². The molecule has 0 aliphatic rings. The molecule has 0 aromatic heterocycles. The minimum absolute atomic E-state index is 0. The first-order valence-electron chi connectivity index (χ1n) is 7.94. The first kappa shape index (κ1) is 20.2. The average molecular weight is 261 g/mol. The number of halogens is 1. The van der Waals surface area contributed by atoms with Crippen molar-refractivity contribution in [3.63, 3.8) is 0 Å². The zero-order valence-corrected chi connectivity index (χ0v) is 13.0. The van der Waals surface area contributed by atoms with Gasteiger partial charge >= 0.3 is 0 Å². The van der Waals surface area contributed by atoms with Crippen LogP contribution in [0.1, 0.15) is 91.4 Å². The highest BCUT2D eigenvalue weighted by Gasteiger charge is 2.27. The molecular weight excluding hydrogens is 225 g/mol. The summed E-state index contributed by atoms with van der Waals surface area (Å²) < 4.78 is 0. The van der Waals surface area contributed by atoms with Crippen LogP contribution in [0, 0.1) is 5.41 Å². The SMILES string of the molecule is CCCCC(CCCC)(CCCC)CCCN.F. The lowest BCUT2D eigenvalue weighted by atomic mass is 9.71. The molecule has 0 rings (SSSR count). The zero-order valence-electron chi connectivity index (χ0n) is 13.0. The molecule has 1 nitrogen and oxygen atoms in total. The third-order valence-corrected chi connectivity index (χ3v) is 4.09. The lowest BCUT2D eigenvalue weighted by Crippen LogP contribution is -2.22. The molecule has 0 radical (unpaired) electrons.